The lowest BCUT2D eigenvalue weighted by Gasteiger charge is -2.26. The van der Waals surface area contributed by atoms with Gasteiger partial charge in [0.2, 0.25) is 5.91 Å². The van der Waals surface area contributed by atoms with Crippen LogP contribution in [0, 0.1) is 6.92 Å². The van der Waals surface area contributed by atoms with Crippen LogP contribution in [0.4, 0.5) is 0 Å². The molecule has 1 aromatic rings. The Bertz CT molecular complexity index is 499. The Morgan fingerprint density at radius 2 is 2.26 bits per heavy atom. The Hall–Kier alpha value is -1.88. The molecule has 1 aromatic carbocycles. The van der Waals surface area contributed by atoms with E-state index in [1.54, 1.807) is 0 Å². The molecule has 5 nitrogen and oxygen atoms in total. The molecule has 1 amide bonds. The first-order valence-corrected chi connectivity index (χ1v) is 6.26. The van der Waals surface area contributed by atoms with Gasteiger partial charge in [-0.3, -0.25) is 9.59 Å². The lowest BCUT2D eigenvalue weighted by atomic mass is 9.89. The summed E-state index contributed by atoms with van der Waals surface area (Å²) in [6, 6.07) is 6.12. The van der Waals surface area contributed by atoms with E-state index in [0.717, 1.165) is 23.2 Å². The van der Waals surface area contributed by atoms with Gasteiger partial charge in [0, 0.05) is 13.1 Å². The number of fused-ring (bicyclic) bond motifs is 1. The zero-order chi connectivity index (χ0) is 13.8. The second-order valence-electron chi connectivity index (χ2n) is 4.68. The number of nitrogens with one attached hydrogen (secondary N) is 2. The number of ether oxygens (including phenoxy) is 1. The fraction of sp³-hybridized carbons (Fsp3) is 0.429. The Labute approximate surface area is 112 Å². The maximum atomic E-state index is 12.1. The normalized spacial score (nSPS) is 17.5. The number of methoxy groups -OCH3 is 1. The summed E-state index contributed by atoms with van der Waals surface area (Å²) in [4.78, 5) is 23.2. The van der Waals surface area contributed by atoms with Crippen molar-refractivity contribution in [2.45, 2.75) is 19.4 Å². The highest BCUT2D eigenvalue weighted by Crippen LogP contribution is 2.25. The van der Waals surface area contributed by atoms with Gasteiger partial charge in [0.1, 0.15) is 6.54 Å². The van der Waals surface area contributed by atoms with E-state index in [1.165, 1.54) is 7.11 Å². The van der Waals surface area contributed by atoms with Crippen molar-refractivity contribution in [2.24, 2.45) is 0 Å². The highest BCUT2D eigenvalue weighted by molar-refractivity contribution is 5.87. The van der Waals surface area contributed by atoms with Gasteiger partial charge < -0.3 is 15.4 Å². The average Bonchev–Trinajstić information content (AvgIpc) is 2.43. The van der Waals surface area contributed by atoms with Crippen LogP contribution in [0.5, 0.6) is 0 Å². The van der Waals surface area contributed by atoms with Gasteiger partial charge in [-0.15, -0.1) is 0 Å². The maximum Gasteiger partial charge on any atom is 0.325 e. The number of hydrogen-bond acceptors (Lipinski definition) is 4. The zero-order valence-corrected chi connectivity index (χ0v) is 11.2. The maximum absolute atomic E-state index is 12.1. The summed E-state index contributed by atoms with van der Waals surface area (Å²) in [6.07, 6.45) is 0. The van der Waals surface area contributed by atoms with E-state index in [2.05, 4.69) is 15.4 Å². The number of aryl methyl sites for hydroxylation is 1. The van der Waals surface area contributed by atoms with Gasteiger partial charge in [-0.05, 0) is 18.1 Å². The van der Waals surface area contributed by atoms with Crippen molar-refractivity contribution in [3.63, 3.8) is 0 Å². The van der Waals surface area contributed by atoms with E-state index < -0.39 is 5.97 Å². The first kappa shape index (κ1) is 13.5. The van der Waals surface area contributed by atoms with Gasteiger partial charge in [-0.1, -0.05) is 23.8 Å². The lowest BCUT2D eigenvalue weighted by molar-refractivity contribution is -0.141. The standard InChI is InChI=1S/C14H18N2O3/c1-9-3-4-10-6-15-7-12(11(10)5-9)14(18)16-8-13(17)19-2/h3-5,12,15H,6-8H2,1-2H3,(H,16,18). The molecule has 2 N–H and O–H groups in total. The molecule has 0 saturated carbocycles. The molecule has 0 spiro atoms. The lowest BCUT2D eigenvalue weighted by Crippen LogP contribution is -2.40. The van der Waals surface area contributed by atoms with Crippen LogP contribution in [0.2, 0.25) is 0 Å². The molecule has 1 unspecified atom stereocenters. The van der Waals surface area contributed by atoms with Crippen molar-refractivity contribution in [3.8, 4) is 0 Å². The predicted molar refractivity (Wildman–Crippen MR) is 70.7 cm³/mol. The molecule has 1 aliphatic heterocycles. The SMILES string of the molecule is COC(=O)CNC(=O)C1CNCc2ccc(C)cc21. The monoisotopic (exact) mass is 262 g/mol. The molecule has 1 aliphatic rings. The van der Waals surface area contributed by atoms with E-state index in [4.69, 9.17) is 0 Å². The minimum Gasteiger partial charge on any atom is -0.468 e. The largest absolute Gasteiger partial charge is 0.468 e. The van der Waals surface area contributed by atoms with Crippen LogP contribution in [-0.4, -0.2) is 32.1 Å². The number of hydrogen-bond donors (Lipinski definition) is 2. The van der Waals surface area contributed by atoms with Crippen LogP contribution >= 0.6 is 0 Å². The number of amides is 1. The first-order valence-electron chi connectivity index (χ1n) is 6.26. The third-order valence-corrected chi connectivity index (χ3v) is 3.29. The Morgan fingerprint density at radius 3 is 3.00 bits per heavy atom. The number of carbonyl (C=O) groups is 2. The minimum atomic E-state index is -0.443. The molecule has 0 bridgehead atoms. The van der Waals surface area contributed by atoms with Gasteiger partial charge in [0.25, 0.3) is 0 Å². The van der Waals surface area contributed by atoms with Crippen LogP contribution in [0.25, 0.3) is 0 Å². The van der Waals surface area contributed by atoms with Crippen molar-refractivity contribution in [1.82, 2.24) is 10.6 Å². The molecular weight excluding hydrogens is 244 g/mol. The van der Waals surface area contributed by atoms with Crippen LogP contribution in [0.1, 0.15) is 22.6 Å². The topological polar surface area (TPSA) is 67.4 Å². The van der Waals surface area contributed by atoms with E-state index in [-0.39, 0.29) is 18.4 Å². The predicted octanol–water partition coefficient (Wildman–Crippen LogP) is 0.471. The fourth-order valence-corrected chi connectivity index (χ4v) is 2.25. The molecule has 5 heteroatoms. The van der Waals surface area contributed by atoms with Crippen molar-refractivity contribution in [3.05, 3.63) is 34.9 Å². The van der Waals surface area contributed by atoms with Crippen LogP contribution in [0.3, 0.4) is 0 Å². The second kappa shape index (κ2) is 5.84. The summed E-state index contributed by atoms with van der Waals surface area (Å²) in [5, 5.41) is 5.83. The number of esters is 1. The summed E-state index contributed by atoms with van der Waals surface area (Å²) in [5.74, 6) is -0.848. The van der Waals surface area contributed by atoms with Gasteiger partial charge in [-0.25, -0.2) is 0 Å². The average molecular weight is 262 g/mol. The highest BCUT2D eigenvalue weighted by atomic mass is 16.5. The smallest absolute Gasteiger partial charge is 0.325 e. The van der Waals surface area contributed by atoms with E-state index in [1.807, 2.05) is 25.1 Å². The fourth-order valence-electron chi connectivity index (χ4n) is 2.25. The molecule has 19 heavy (non-hydrogen) atoms. The highest BCUT2D eigenvalue weighted by Gasteiger charge is 2.26. The summed E-state index contributed by atoms with van der Waals surface area (Å²) in [7, 11) is 1.30. The number of rotatable bonds is 3. The van der Waals surface area contributed by atoms with Crippen LogP contribution < -0.4 is 10.6 Å². The number of benzene rings is 1. The van der Waals surface area contributed by atoms with E-state index in [0.29, 0.717) is 6.54 Å². The number of carbonyl (C=O) groups excluding carboxylic acids is 2. The first-order chi connectivity index (χ1) is 9.11. The Kier molecular flexibility index (Phi) is 4.16. The quantitative estimate of drug-likeness (QED) is 0.777. The van der Waals surface area contributed by atoms with Crippen molar-refractivity contribution in [2.75, 3.05) is 20.2 Å². The molecule has 2 rings (SSSR count). The molecule has 0 aromatic heterocycles. The molecule has 0 saturated heterocycles. The van der Waals surface area contributed by atoms with Crippen molar-refractivity contribution >= 4 is 11.9 Å². The molecule has 0 fully saturated rings. The third kappa shape index (κ3) is 3.12. The van der Waals surface area contributed by atoms with E-state index >= 15 is 0 Å². The summed E-state index contributed by atoms with van der Waals surface area (Å²) >= 11 is 0. The molecule has 1 atom stereocenters. The van der Waals surface area contributed by atoms with Gasteiger partial charge >= 0.3 is 5.97 Å². The zero-order valence-electron chi connectivity index (χ0n) is 11.2. The molecular formula is C14H18N2O3. The van der Waals surface area contributed by atoms with Gasteiger partial charge in [0.15, 0.2) is 0 Å². The van der Waals surface area contributed by atoms with Gasteiger partial charge in [-0.2, -0.15) is 0 Å². The molecule has 1 heterocycles. The summed E-state index contributed by atoms with van der Waals surface area (Å²) in [5.41, 5.74) is 3.31. The summed E-state index contributed by atoms with van der Waals surface area (Å²) in [6.45, 7) is 3.28. The van der Waals surface area contributed by atoms with Gasteiger partial charge in [0.05, 0.1) is 13.0 Å². The van der Waals surface area contributed by atoms with Crippen LogP contribution in [0.15, 0.2) is 18.2 Å². The van der Waals surface area contributed by atoms with Crippen LogP contribution in [-0.2, 0) is 20.9 Å². The minimum absolute atomic E-state index is 0.0903. The Morgan fingerprint density at radius 1 is 1.47 bits per heavy atom. The molecule has 102 valence electrons. The van der Waals surface area contributed by atoms with Crippen molar-refractivity contribution < 1.29 is 14.3 Å². The summed E-state index contributed by atoms with van der Waals surface area (Å²) < 4.78 is 4.51. The second-order valence-corrected chi connectivity index (χ2v) is 4.68. The molecule has 0 radical (unpaired) electrons. The Balaban J connectivity index is 2.12. The third-order valence-electron chi connectivity index (χ3n) is 3.29. The van der Waals surface area contributed by atoms with Crippen molar-refractivity contribution in [1.29, 1.82) is 0 Å². The molecule has 0 aliphatic carbocycles. The van der Waals surface area contributed by atoms with E-state index in [9.17, 15) is 9.59 Å².